The highest BCUT2D eigenvalue weighted by molar-refractivity contribution is 5.87. The predicted molar refractivity (Wildman–Crippen MR) is 87.2 cm³/mol. The lowest BCUT2D eigenvalue weighted by Crippen LogP contribution is -2.34. The van der Waals surface area contributed by atoms with Crippen LogP contribution in [0.15, 0.2) is 49.1 Å². The number of hydrogen-bond acceptors (Lipinski definition) is 2. The Bertz CT molecular complexity index is 861. The summed E-state index contributed by atoms with van der Waals surface area (Å²) >= 11 is 0. The van der Waals surface area contributed by atoms with Crippen molar-refractivity contribution in [2.75, 3.05) is 6.54 Å². The quantitative estimate of drug-likeness (QED) is 0.583. The molecule has 2 aromatic rings. The summed E-state index contributed by atoms with van der Waals surface area (Å²) in [5.74, 6) is -1.19. The second-order valence-corrected chi connectivity index (χ2v) is 5.89. The molecule has 0 spiro atoms. The smallest absolute Gasteiger partial charge is 0.416 e. The van der Waals surface area contributed by atoms with E-state index in [9.17, 15) is 22.4 Å². The van der Waals surface area contributed by atoms with Crippen molar-refractivity contribution in [3.63, 3.8) is 0 Å². The van der Waals surface area contributed by atoms with Crippen LogP contribution in [-0.4, -0.2) is 17.4 Å². The second-order valence-electron chi connectivity index (χ2n) is 5.89. The molecule has 0 atom stereocenters. The zero-order valence-corrected chi connectivity index (χ0v) is 13.6. The van der Waals surface area contributed by atoms with Crippen LogP contribution >= 0.6 is 0 Å². The molecule has 0 saturated carbocycles. The molecule has 0 aromatic heterocycles. The summed E-state index contributed by atoms with van der Waals surface area (Å²) in [4.78, 5) is 13.3. The van der Waals surface area contributed by atoms with Crippen molar-refractivity contribution in [1.29, 1.82) is 0 Å². The first-order valence-electron chi connectivity index (χ1n) is 7.85. The summed E-state index contributed by atoms with van der Waals surface area (Å²) in [6.07, 6.45) is -2.75. The maximum absolute atomic E-state index is 13.9. The Balaban J connectivity index is 1.78. The molecular formula is C19H15F4NO2. The van der Waals surface area contributed by atoms with Crippen LogP contribution in [0.3, 0.4) is 0 Å². The molecule has 0 bridgehead atoms. The molecule has 0 radical (unpaired) electrons. The number of fused-ring (bicyclic) bond motifs is 1. The van der Waals surface area contributed by atoms with Crippen LogP contribution in [0.2, 0.25) is 0 Å². The fourth-order valence-electron chi connectivity index (χ4n) is 2.80. The van der Waals surface area contributed by atoms with E-state index in [0.29, 0.717) is 31.3 Å². The van der Waals surface area contributed by atoms with E-state index >= 15 is 0 Å². The molecule has 1 aliphatic heterocycles. The van der Waals surface area contributed by atoms with Gasteiger partial charge in [-0.05, 0) is 54.0 Å². The van der Waals surface area contributed by atoms with Gasteiger partial charge in [-0.1, -0.05) is 12.6 Å². The van der Waals surface area contributed by atoms with Gasteiger partial charge in [-0.3, -0.25) is 4.79 Å². The van der Waals surface area contributed by atoms with Crippen molar-refractivity contribution in [3.05, 3.63) is 71.6 Å². The predicted octanol–water partition coefficient (Wildman–Crippen LogP) is 4.71. The van der Waals surface area contributed by atoms with Crippen LogP contribution in [0.1, 0.15) is 16.7 Å². The van der Waals surface area contributed by atoms with Gasteiger partial charge in [-0.25, -0.2) is 4.39 Å². The molecule has 3 nitrogen and oxygen atoms in total. The summed E-state index contributed by atoms with van der Waals surface area (Å²) in [5.41, 5.74) is 0.814. The van der Waals surface area contributed by atoms with E-state index in [4.69, 9.17) is 4.74 Å². The van der Waals surface area contributed by atoms with Crippen LogP contribution < -0.4 is 4.74 Å². The van der Waals surface area contributed by atoms with Gasteiger partial charge in [-0.15, -0.1) is 0 Å². The minimum Gasteiger partial charge on any atom is -0.454 e. The lowest BCUT2D eigenvalue weighted by Gasteiger charge is -2.28. The van der Waals surface area contributed by atoms with Crippen LogP contribution in [0.4, 0.5) is 17.6 Å². The van der Waals surface area contributed by atoms with Gasteiger partial charge in [0.1, 0.15) is 5.75 Å². The van der Waals surface area contributed by atoms with E-state index in [2.05, 4.69) is 6.58 Å². The highest BCUT2D eigenvalue weighted by atomic mass is 19.4. The molecule has 1 amide bonds. The zero-order chi connectivity index (χ0) is 18.9. The summed E-state index contributed by atoms with van der Waals surface area (Å²) in [6, 6.07) is 7.21. The first kappa shape index (κ1) is 18.0. The molecule has 1 heterocycles. The van der Waals surface area contributed by atoms with Crippen molar-refractivity contribution >= 4 is 5.91 Å². The molecule has 136 valence electrons. The minimum absolute atomic E-state index is 0.150. The number of alkyl halides is 3. The average Bonchev–Trinajstić information content (AvgIpc) is 2.61. The van der Waals surface area contributed by atoms with Gasteiger partial charge < -0.3 is 9.64 Å². The Morgan fingerprint density at radius 1 is 1.15 bits per heavy atom. The highest BCUT2D eigenvalue weighted by Crippen LogP contribution is 2.34. The number of nitrogens with zero attached hydrogens (tertiary/aromatic N) is 1. The third-order valence-corrected chi connectivity index (χ3v) is 4.16. The highest BCUT2D eigenvalue weighted by Gasteiger charge is 2.31. The molecule has 2 aromatic carbocycles. The lowest BCUT2D eigenvalue weighted by molar-refractivity contribution is -0.137. The SMILES string of the molecule is C=CC(=O)N1CCc2cc(Oc3ccc(C(F)(F)F)cc3F)ccc2C1. The maximum atomic E-state index is 13.9. The molecule has 1 aliphatic rings. The first-order chi connectivity index (χ1) is 12.3. The minimum atomic E-state index is -4.61. The van der Waals surface area contributed by atoms with E-state index in [-0.39, 0.29) is 11.7 Å². The van der Waals surface area contributed by atoms with Crippen molar-refractivity contribution in [1.82, 2.24) is 4.90 Å². The van der Waals surface area contributed by atoms with Gasteiger partial charge in [0.05, 0.1) is 5.56 Å². The first-order valence-corrected chi connectivity index (χ1v) is 7.85. The molecule has 0 aliphatic carbocycles. The normalized spacial score (nSPS) is 13.9. The molecule has 26 heavy (non-hydrogen) atoms. The van der Waals surface area contributed by atoms with Gasteiger partial charge in [0.15, 0.2) is 11.6 Å². The molecule has 0 saturated heterocycles. The number of halogens is 4. The van der Waals surface area contributed by atoms with Crippen molar-refractivity contribution in [2.24, 2.45) is 0 Å². The molecule has 7 heteroatoms. The fraction of sp³-hybridized carbons (Fsp3) is 0.211. The van der Waals surface area contributed by atoms with Crippen LogP contribution in [0.25, 0.3) is 0 Å². The summed E-state index contributed by atoms with van der Waals surface area (Å²) in [5, 5.41) is 0. The van der Waals surface area contributed by atoms with Gasteiger partial charge in [-0.2, -0.15) is 13.2 Å². The monoisotopic (exact) mass is 365 g/mol. The van der Waals surface area contributed by atoms with Gasteiger partial charge in [0, 0.05) is 13.1 Å². The second kappa shape index (κ2) is 6.82. The maximum Gasteiger partial charge on any atom is 0.416 e. The largest absolute Gasteiger partial charge is 0.454 e. The summed E-state index contributed by atoms with van der Waals surface area (Å²) in [6.45, 7) is 4.43. The Hall–Kier alpha value is -2.83. The number of amides is 1. The Labute approximate surface area is 147 Å². The Morgan fingerprint density at radius 3 is 2.58 bits per heavy atom. The van der Waals surface area contributed by atoms with Crippen LogP contribution in [0.5, 0.6) is 11.5 Å². The third-order valence-electron chi connectivity index (χ3n) is 4.16. The van der Waals surface area contributed by atoms with Gasteiger partial charge in [0.2, 0.25) is 5.91 Å². The topological polar surface area (TPSA) is 29.5 Å². The Morgan fingerprint density at radius 2 is 1.92 bits per heavy atom. The van der Waals surface area contributed by atoms with Gasteiger partial charge in [0.25, 0.3) is 0 Å². The zero-order valence-electron chi connectivity index (χ0n) is 13.6. The van der Waals surface area contributed by atoms with E-state index in [1.54, 1.807) is 23.1 Å². The Kier molecular flexibility index (Phi) is 4.71. The number of benzene rings is 2. The third kappa shape index (κ3) is 3.71. The summed E-state index contributed by atoms with van der Waals surface area (Å²) < 4.78 is 57.1. The number of ether oxygens (including phenoxy) is 1. The number of carbonyl (C=O) groups is 1. The van der Waals surface area contributed by atoms with Gasteiger partial charge >= 0.3 is 6.18 Å². The summed E-state index contributed by atoms with van der Waals surface area (Å²) in [7, 11) is 0. The van der Waals surface area contributed by atoms with E-state index in [1.807, 2.05) is 0 Å². The van der Waals surface area contributed by atoms with Crippen LogP contribution in [0, 0.1) is 5.82 Å². The lowest BCUT2D eigenvalue weighted by atomic mass is 9.99. The molecule has 0 N–H and O–H groups in total. The standard InChI is InChI=1S/C19H15F4NO2/c1-2-18(25)24-8-7-12-9-15(5-3-13(12)11-24)26-17-6-4-14(10-16(17)20)19(21,22)23/h2-6,9-10H,1,7-8,11H2. The number of rotatable bonds is 3. The van der Waals surface area contributed by atoms with E-state index in [1.165, 1.54) is 6.08 Å². The number of hydrogen-bond donors (Lipinski definition) is 0. The van der Waals surface area contributed by atoms with E-state index in [0.717, 1.165) is 23.3 Å². The molecule has 0 unspecified atom stereocenters. The molecule has 3 rings (SSSR count). The van der Waals surface area contributed by atoms with Crippen molar-refractivity contribution in [3.8, 4) is 11.5 Å². The van der Waals surface area contributed by atoms with Crippen molar-refractivity contribution in [2.45, 2.75) is 19.1 Å². The fourth-order valence-corrected chi connectivity index (χ4v) is 2.80. The number of carbonyl (C=O) groups excluding carboxylic acids is 1. The van der Waals surface area contributed by atoms with Crippen molar-refractivity contribution < 1.29 is 27.1 Å². The van der Waals surface area contributed by atoms with Crippen LogP contribution in [-0.2, 0) is 23.9 Å². The molecular weight excluding hydrogens is 350 g/mol. The average molecular weight is 365 g/mol. The molecule has 0 fully saturated rings. The van der Waals surface area contributed by atoms with E-state index < -0.39 is 17.6 Å².